The minimum Gasteiger partial charge on any atom is -0.399 e. The van der Waals surface area contributed by atoms with Gasteiger partial charge in [-0.25, -0.2) is 0 Å². The molecule has 0 spiro atoms. The van der Waals surface area contributed by atoms with Crippen LogP contribution >= 0.6 is 0 Å². The van der Waals surface area contributed by atoms with E-state index in [-0.39, 0.29) is 0 Å². The van der Waals surface area contributed by atoms with Crippen molar-refractivity contribution in [3.05, 3.63) is 83.7 Å². The van der Waals surface area contributed by atoms with Crippen LogP contribution in [0.1, 0.15) is 16.7 Å². The van der Waals surface area contributed by atoms with Crippen LogP contribution in [0.4, 0.5) is 5.69 Å². The Morgan fingerprint density at radius 2 is 1.62 bits per heavy atom. The van der Waals surface area contributed by atoms with Crippen LogP contribution in [-0.4, -0.2) is 4.98 Å². The molecule has 0 saturated heterocycles. The SMILES string of the molecule is Nc1ccc2c(c1)/C(=C/c1cccnc1)c1ccccc1-2. The molecule has 4 rings (SSSR count). The lowest BCUT2D eigenvalue weighted by Crippen LogP contribution is -1.87. The van der Waals surface area contributed by atoms with Crippen molar-refractivity contribution in [2.45, 2.75) is 0 Å². The Kier molecular flexibility index (Phi) is 2.61. The first-order chi connectivity index (χ1) is 10.3. The summed E-state index contributed by atoms with van der Waals surface area (Å²) in [5, 5.41) is 0. The van der Waals surface area contributed by atoms with Crippen LogP contribution in [0.15, 0.2) is 67.0 Å². The van der Waals surface area contributed by atoms with E-state index in [0.29, 0.717) is 0 Å². The number of nitrogens with zero attached hydrogens (tertiary/aromatic N) is 1. The van der Waals surface area contributed by atoms with E-state index < -0.39 is 0 Å². The van der Waals surface area contributed by atoms with E-state index in [1.54, 1.807) is 6.20 Å². The third-order valence-corrected chi connectivity index (χ3v) is 3.84. The van der Waals surface area contributed by atoms with Gasteiger partial charge >= 0.3 is 0 Å². The lowest BCUT2D eigenvalue weighted by Gasteiger charge is -2.04. The van der Waals surface area contributed by atoms with E-state index in [0.717, 1.165) is 11.3 Å². The first-order valence-electron chi connectivity index (χ1n) is 6.94. The minimum atomic E-state index is 0.790. The van der Waals surface area contributed by atoms with Crippen molar-refractivity contribution in [3.8, 4) is 11.1 Å². The fraction of sp³-hybridized carbons (Fsp3) is 0. The van der Waals surface area contributed by atoms with Gasteiger partial charge in [0.1, 0.15) is 0 Å². The Morgan fingerprint density at radius 1 is 0.810 bits per heavy atom. The lowest BCUT2D eigenvalue weighted by molar-refractivity contribution is 1.32. The molecule has 0 saturated carbocycles. The van der Waals surface area contributed by atoms with Gasteiger partial charge in [-0.05, 0) is 57.7 Å². The molecule has 0 fully saturated rings. The molecule has 2 aromatic carbocycles. The zero-order chi connectivity index (χ0) is 14.2. The number of hydrogen-bond acceptors (Lipinski definition) is 2. The highest BCUT2D eigenvalue weighted by molar-refractivity contribution is 6.07. The number of rotatable bonds is 1. The first kappa shape index (κ1) is 11.9. The zero-order valence-electron chi connectivity index (χ0n) is 11.5. The van der Waals surface area contributed by atoms with E-state index >= 15 is 0 Å². The molecule has 0 amide bonds. The van der Waals surface area contributed by atoms with Gasteiger partial charge < -0.3 is 5.73 Å². The summed E-state index contributed by atoms with van der Waals surface area (Å²) in [5.41, 5.74) is 14.0. The van der Waals surface area contributed by atoms with Crippen LogP contribution in [0, 0.1) is 0 Å². The summed E-state index contributed by atoms with van der Waals surface area (Å²) in [6.45, 7) is 0. The van der Waals surface area contributed by atoms with Gasteiger partial charge in [-0.1, -0.05) is 36.4 Å². The molecule has 0 atom stereocenters. The number of nitrogen functional groups attached to an aromatic ring is 1. The Hall–Kier alpha value is -2.87. The van der Waals surface area contributed by atoms with Gasteiger partial charge in [0.05, 0.1) is 0 Å². The summed E-state index contributed by atoms with van der Waals surface area (Å²) in [6.07, 6.45) is 5.84. The molecule has 2 heteroatoms. The van der Waals surface area contributed by atoms with Gasteiger partial charge in [0.25, 0.3) is 0 Å². The molecule has 1 aliphatic rings. The number of fused-ring (bicyclic) bond motifs is 3. The zero-order valence-corrected chi connectivity index (χ0v) is 11.5. The van der Waals surface area contributed by atoms with Crippen LogP contribution in [0.25, 0.3) is 22.8 Å². The van der Waals surface area contributed by atoms with E-state index in [4.69, 9.17) is 5.73 Å². The molecule has 0 bridgehead atoms. The first-order valence-corrected chi connectivity index (χ1v) is 6.94. The van der Waals surface area contributed by atoms with Crippen molar-refractivity contribution in [3.63, 3.8) is 0 Å². The average Bonchev–Trinajstić information content (AvgIpc) is 2.82. The molecule has 2 N–H and O–H groups in total. The maximum atomic E-state index is 5.98. The Balaban J connectivity index is 1.99. The highest BCUT2D eigenvalue weighted by Crippen LogP contribution is 2.45. The van der Waals surface area contributed by atoms with Gasteiger partial charge in [0.2, 0.25) is 0 Å². The summed E-state index contributed by atoms with van der Waals surface area (Å²) in [4.78, 5) is 4.19. The van der Waals surface area contributed by atoms with Gasteiger partial charge in [0, 0.05) is 18.1 Å². The molecule has 21 heavy (non-hydrogen) atoms. The standard InChI is InChI=1S/C19H14N2/c20-14-7-8-17-15-5-1-2-6-16(15)18(19(17)11-14)10-13-4-3-9-21-12-13/h1-12H,20H2/b18-10+. The van der Waals surface area contributed by atoms with Gasteiger partial charge in [0.15, 0.2) is 0 Å². The summed E-state index contributed by atoms with van der Waals surface area (Å²) in [7, 11) is 0. The third kappa shape index (κ3) is 1.93. The Morgan fingerprint density at radius 3 is 2.43 bits per heavy atom. The fourth-order valence-electron chi connectivity index (χ4n) is 2.90. The monoisotopic (exact) mass is 270 g/mol. The summed E-state index contributed by atoms with van der Waals surface area (Å²) >= 11 is 0. The third-order valence-electron chi connectivity index (χ3n) is 3.84. The maximum Gasteiger partial charge on any atom is 0.0340 e. The Labute approximate surface area is 123 Å². The maximum absolute atomic E-state index is 5.98. The molecule has 2 nitrogen and oxygen atoms in total. The smallest absolute Gasteiger partial charge is 0.0340 e. The van der Waals surface area contributed by atoms with E-state index in [1.165, 1.54) is 27.8 Å². The molecule has 0 unspecified atom stereocenters. The molecule has 1 aliphatic carbocycles. The van der Waals surface area contributed by atoms with Crippen molar-refractivity contribution < 1.29 is 0 Å². The van der Waals surface area contributed by atoms with Crippen molar-refractivity contribution in [2.24, 2.45) is 0 Å². The van der Waals surface area contributed by atoms with Crippen molar-refractivity contribution >= 4 is 17.3 Å². The number of hydrogen-bond donors (Lipinski definition) is 1. The summed E-state index contributed by atoms with van der Waals surface area (Å²) < 4.78 is 0. The molecule has 1 heterocycles. The second-order valence-corrected chi connectivity index (χ2v) is 5.19. The predicted molar refractivity (Wildman–Crippen MR) is 87.5 cm³/mol. The molecule has 1 aromatic heterocycles. The molecule has 0 aliphatic heterocycles. The lowest BCUT2D eigenvalue weighted by atomic mass is 10.0. The second-order valence-electron chi connectivity index (χ2n) is 5.19. The number of nitrogens with two attached hydrogens (primary N) is 1. The van der Waals surface area contributed by atoms with E-state index in [1.807, 2.05) is 18.3 Å². The van der Waals surface area contributed by atoms with Gasteiger partial charge in [-0.3, -0.25) is 4.98 Å². The second kappa shape index (κ2) is 4.60. The van der Waals surface area contributed by atoms with Gasteiger partial charge in [-0.15, -0.1) is 0 Å². The van der Waals surface area contributed by atoms with Crippen molar-refractivity contribution in [1.29, 1.82) is 0 Å². The average molecular weight is 270 g/mol. The van der Waals surface area contributed by atoms with Gasteiger partial charge in [-0.2, -0.15) is 0 Å². The number of benzene rings is 2. The molecule has 3 aromatic rings. The summed E-state index contributed by atoms with van der Waals surface area (Å²) in [6, 6.07) is 18.6. The summed E-state index contributed by atoms with van der Waals surface area (Å²) in [5.74, 6) is 0. The van der Waals surface area contributed by atoms with E-state index in [2.05, 4.69) is 53.5 Å². The van der Waals surface area contributed by atoms with Crippen molar-refractivity contribution in [1.82, 2.24) is 4.98 Å². The molecule has 100 valence electrons. The molecule has 0 radical (unpaired) electrons. The number of aromatic nitrogens is 1. The number of pyridine rings is 1. The predicted octanol–water partition coefficient (Wildman–Crippen LogP) is 4.23. The molecular formula is C19H14N2. The van der Waals surface area contributed by atoms with Crippen LogP contribution in [-0.2, 0) is 0 Å². The quantitative estimate of drug-likeness (QED) is 0.526. The normalized spacial score (nSPS) is 14.0. The highest BCUT2D eigenvalue weighted by Gasteiger charge is 2.22. The van der Waals surface area contributed by atoms with Crippen LogP contribution in [0.3, 0.4) is 0 Å². The van der Waals surface area contributed by atoms with Crippen LogP contribution in [0.2, 0.25) is 0 Å². The topological polar surface area (TPSA) is 38.9 Å². The molecular weight excluding hydrogens is 256 g/mol. The van der Waals surface area contributed by atoms with Crippen LogP contribution in [0.5, 0.6) is 0 Å². The van der Waals surface area contributed by atoms with E-state index in [9.17, 15) is 0 Å². The highest BCUT2D eigenvalue weighted by atomic mass is 14.6. The minimum absolute atomic E-state index is 0.790. The van der Waals surface area contributed by atoms with Crippen LogP contribution < -0.4 is 5.73 Å². The Bertz CT molecular complexity index is 848. The fourth-order valence-corrected chi connectivity index (χ4v) is 2.90. The number of anilines is 1. The van der Waals surface area contributed by atoms with Crippen molar-refractivity contribution in [2.75, 3.05) is 5.73 Å². The largest absolute Gasteiger partial charge is 0.399 e.